The molecule has 0 unspecified atom stereocenters. The Morgan fingerprint density at radius 2 is 0.577 bits per heavy atom. The molecule has 0 saturated heterocycles. The number of aliphatic carboxylic acids is 1. The van der Waals surface area contributed by atoms with Crippen LogP contribution < -0.4 is 62.6 Å². The molecule has 0 heterocycles. The van der Waals surface area contributed by atoms with Gasteiger partial charge in [-0.3, -0.25) is 28.8 Å². The molecule has 0 aliphatic heterocycles. The van der Waals surface area contributed by atoms with Crippen molar-refractivity contribution >= 4 is 93.5 Å². The van der Waals surface area contributed by atoms with Crippen LogP contribution in [-0.2, 0) is 63.5 Å². The molecular weight excluding hydrogens is 1540 g/mol. The van der Waals surface area contributed by atoms with Crippen molar-refractivity contribution in [2.45, 2.75) is 98.4 Å². The van der Waals surface area contributed by atoms with Gasteiger partial charge in [0, 0.05) is 43.4 Å². The molecule has 9 aromatic carbocycles. The summed E-state index contributed by atoms with van der Waals surface area (Å²) in [5.41, 5.74) is 11.2. The van der Waals surface area contributed by atoms with E-state index < -0.39 is 11.2 Å². The largest absolute Gasteiger partial charge is 0.497 e. The molecule has 0 amide bonds. The van der Waals surface area contributed by atoms with E-state index in [9.17, 15) is 28.8 Å². The molecule has 9 aromatic rings. The van der Waals surface area contributed by atoms with Gasteiger partial charge >= 0.3 is 17.9 Å². The Morgan fingerprint density at radius 1 is 0.333 bits per heavy atom. The van der Waals surface area contributed by atoms with Crippen molar-refractivity contribution in [2.24, 2.45) is 5.73 Å². The summed E-state index contributed by atoms with van der Waals surface area (Å²) in [6, 6.07) is 54.4. The smallest absolute Gasteiger partial charge is 0.307 e. The molecule has 9 rings (SSSR count). The van der Waals surface area contributed by atoms with Gasteiger partial charge in [0.25, 0.3) is 5.24 Å². The van der Waals surface area contributed by atoms with Crippen molar-refractivity contribution < 1.29 is 100 Å². The molecule has 0 bridgehead atoms. The number of methoxy groups -OCH3 is 6. The average molecular weight is 1630 g/mol. The van der Waals surface area contributed by atoms with Gasteiger partial charge in [0.05, 0.1) is 82.9 Å². The number of ketones is 2. The Kier molecular flexibility index (Phi) is 40.6. The van der Waals surface area contributed by atoms with Crippen molar-refractivity contribution in [1.29, 1.82) is 0 Å². The molecule has 0 fully saturated rings. The maximum Gasteiger partial charge on any atom is 0.307 e. The number of ether oxygens (including phenoxy) is 14. The molecule has 0 atom stereocenters. The number of rotatable bonds is 39. The third-order valence-electron chi connectivity index (χ3n) is 15.8. The third kappa shape index (κ3) is 30.7. The highest BCUT2D eigenvalue weighted by atomic mass is 35.5. The van der Waals surface area contributed by atoms with Crippen molar-refractivity contribution in [3.63, 3.8) is 0 Å². The van der Waals surface area contributed by atoms with Gasteiger partial charge in [0.2, 0.25) is 0 Å². The summed E-state index contributed by atoms with van der Waals surface area (Å²) in [7, 11) is 9.62. The van der Waals surface area contributed by atoms with Crippen LogP contribution in [0.25, 0.3) is 0 Å². The summed E-state index contributed by atoms with van der Waals surface area (Å²) in [5, 5.41) is 8.57. The minimum absolute atomic E-state index is 0. The van der Waals surface area contributed by atoms with Gasteiger partial charge in [-0.25, -0.2) is 0 Å². The van der Waals surface area contributed by atoms with Crippen molar-refractivity contribution in [1.82, 2.24) is 0 Å². The number of benzene rings is 9. The SMILES string of the molecule is CCOC(=O)CCCC(=O)c1ccc(OCc2ccc(OC)cc2)c(OCc2ccc(OC)cc2)c1Cl.CCOC(=O)CCN.COc1ccc(COc2ccc(C(=O)CCCC(=O)O)c(Cl)c2OCc2ccc(OC)cc2)cc1.COc1ccc(COc2ccc(C(=O)Cl)c(Cl)c2OCc2ccc(OC)cc2)cc1.Cl. The van der Waals surface area contributed by atoms with E-state index in [4.69, 9.17) is 119 Å². The summed E-state index contributed by atoms with van der Waals surface area (Å²) in [6.07, 6.45) is 1.22. The van der Waals surface area contributed by atoms with E-state index in [1.807, 2.05) is 146 Å². The molecule has 22 nitrogen and oxygen atoms in total. The number of esters is 2. The van der Waals surface area contributed by atoms with Gasteiger partial charge in [-0.15, -0.1) is 12.4 Å². The third-order valence-corrected chi connectivity index (χ3v) is 17.2. The van der Waals surface area contributed by atoms with Crippen molar-refractivity contribution in [2.75, 3.05) is 62.4 Å². The number of carboxylic acids is 1. The predicted octanol–water partition coefficient (Wildman–Crippen LogP) is 18.6. The van der Waals surface area contributed by atoms with Gasteiger partial charge < -0.3 is 77.2 Å². The van der Waals surface area contributed by atoms with E-state index in [0.717, 1.165) is 67.9 Å². The molecule has 27 heteroatoms. The molecule has 111 heavy (non-hydrogen) atoms. The van der Waals surface area contributed by atoms with Crippen LogP contribution in [0, 0.1) is 0 Å². The van der Waals surface area contributed by atoms with E-state index in [2.05, 4.69) is 4.74 Å². The number of hydrogen-bond donors (Lipinski definition) is 2. The molecule has 0 aliphatic carbocycles. The normalized spacial score (nSPS) is 10.2. The van der Waals surface area contributed by atoms with Crippen LogP contribution >= 0.6 is 58.8 Å². The van der Waals surface area contributed by atoms with Crippen LogP contribution in [0.5, 0.6) is 69.0 Å². The molecule has 0 aliphatic rings. The summed E-state index contributed by atoms with van der Waals surface area (Å²) in [4.78, 5) is 70.0. The summed E-state index contributed by atoms with van der Waals surface area (Å²) < 4.78 is 76.5. The second-order valence-corrected chi connectivity index (χ2v) is 24.9. The fourth-order valence-electron chi connectivity index (χ4n) is 9.87. The van der Waals surface area contributed by atoms with E-state index in [1.54, 1.807) is 86.8 Å². The number of hydrogen-bond acceptors (Lipinski definition) is 21. The van der Waals surface area contributed by atoms with Gasteiger partial charge in [-0.2, -0.15) is 0 Å². The first-order valence-electron chi connectivity index (χ1n) is 34.7. The number of carbonyl (C=O) groups is 6. The van der Waals surface area contributed by atoms with Gasteiger partial charge in [-0.05, 0) is 181 Å². The predicted molar refractivity (Wildman–Crippen MR) is 427 cm³/mol. The zero-order valence-electron chi connectivity index (χ0n) is 62.7. The van der Waals surface area contributed by atoms with Crippen LogP contribution in [0.3, 0.4) is 0 Å². The molecular formula is C84H90Cl5NO21. The maximum absolute atomic E-state index is 12.9. The van der Waals surface area contributed by atoms with Gasteiger partial charge in [0.15, 0.2) is 46.1 Å². The minimum Gasteiger partial charge on any atom is -0.497 e. The highest BCUT2D eigenvalue weighted by Gasteiger charge is 2.24. The number of Topliss-reactive ketones (excluding diaryl/α,β-unsaturated/α-hetero) is 2. The zero-order valence-corrected chi connectivity index (χ0v) is 66.6. The Balaban J connectivity index is 0.000000283. The summed E-state index contributed by atoms with van der Waals surface area (Å²) in [6.45, 7) is 6.08. The van der Waals surface area contributed by atoms with Gasteiger partial charge in [-0.1, -0.05) is 108 Å². The topological polar surface area (TPSA) is 278 Å². The number of carboxylic acid groups (broad SMARTS) is 1. The van der Waals surface area contributed by atoms with Crippen LogP contribution in [0.1, 0.15) is 123 Å². The Labute approximate surface area is 672 Å². The van der Waals surface area contributed by atoms with E-state index in [-0.39, 0.29) is 151 Å². The first-order chi connectivity index (χ1) is 53.2. The molecule has 0 spiro atoms. The van der Waals surface area contributed by atoms with Crippen molar-refractivity contribution in [3.8, 4) is 69.0 Å². The van der Waals surface area contributed by atoms with E-state index in [1.165, 1.54) is 6.07 Å². The fourth-order valence-corrected chi connectivity index (χ4v) is 11.0. The van der Waals surface area contributed by atoms with E-state index >= 15 is 0 Å². The highest BCUT2D eigenvalue weighted by molar-refractivity contribution is 6.68. The van der Waals surface area contributed by atoms with Crippen LogP contribution in [0.15, 0.2) is 182 Å². The lowest BCUT2D eigenvalue weighted by Gasteiger charge is -2.17. The van der Waals surface area contributed by atoms with E-state index in [0.29, 0.717) is 55.4 Å². The Hall–Kier alpha value is -10.6. The van der Waals surface area contributed by atoms with Crippen LogP contribution in [-0.4, -0.2) is 102 Å². The fraction of sp³-hybridized carbons (Fsp3) is 0.286. The Morgan fingerprint density at radius 3 is 0.820 bits per heavy atom. The number of halogens is 5. The summed E-state index contributed by atoms with van der Waals surface area (Å²) in [5.74, 6) is 4.52. The Bertz CT molecular complexity index is 4370. The number of carbonyl (C=O) groups excluding carboxylic acids is 5. The first-order valence-corrected chi connectivity index (χ1v) is 36.2. The second-order valence-electron chi connectivity index (χ2n) is 23.5. The maximum atomic E-state index is 12.9. The monoisotopic (exact) mass is 1620 g/mol. The second kappa shape index (κ2) is 49.5. The zero-order chi connectivity index (χ0) is 79.7. The molecule has 0 aromatic heterocycles. The first kappa shape index (κ1) is 91.0. The van der Waals surface area contributed by atoms with Crippen LogP contribution in [0.4, 0.5) is 0 Å². The average Bonchev–Trinajstić information content (AvgIpc) is 0.822. The molecule has 0 radical (unpaired) electrons. The molecule has 592 valence electrons. The quantitative estimate of drug-likeness (QED) is 0.0206. The van der Waals surface area contributed by atoms with Gasteiger partial charge in [0.1, 0.15) is 74.1 Å². The highest BCUT2D eigenvalue weighted by Crippen LogP contribution is 2.43. The lowest BCUT2D eigenvalue weighted by Crippen LogP contribution is -2.10. The number of nitrogens with two attached hydrogens (primary N) is 1. The standard InChI is InChI=1S/C29H31ClO7.C27H27ClO7.C23H20Cl2O5.C5H11NO2.ClH/c1-4-35-27(32)7-5-6-25(31)24-16-17-26(36-18-20-8-12-22(33-2)13-9-20)29(28(24)30)37-19-21-10-14-23(34-3)15-11-21;1-32-20-10-6-18(7-11-20)16-34-24-15-14-22(23(29)4-3-5-25(30)31)26(28)27(24)35-17-19-8-12-21(33-2)13-9-19;1-27-17-7-3-15(4-8-17)13-29-20-12-11-19(23(25)26)21(24)22(20)30-14-16-5-9-18(28-2)10-6-16;1-2-8-5(7)3-4-6;/h8-17H,4-7,18-19H2,1-3H3;6-15H,3-5,16-17H2,1-2H3,(H,30,31);3-12H,13-14H2,1-2H3;2-4,6H2,1H3;1H. The minimum atomic E-state index is -0.949. The molecule has 0 saturated carbocycles. The van der Waals surface area contributed by atoms with Crippen LogP contribution in [0.2, 0.25) is 15.1 Å². The molecule has 3 N–H and O–H groups in total. The van der Waals surface area contributed by atoms with Crippen molar-refractivity contribution in [3.05, 3.63) is 247 Å². The lowest BCUT2D eigenvalue weighted by atomic mass is 10.0. The summed E-state index contributed by atoms with van der Waals surface area (Å²) >= 11 is 25.3. The lowest BCUT2D eigenvalue weighted by molar-refractivity contribution is -0.144.